The summed E-state index contributed by atoms with van der Waals surface area (Å²) in [6.07, 6.45) is 4.67. The third-order valence-electron chi connectivity index (χ3n) is 6.50. The average Bonchev–Trinajstić information content (AvgIpc) is 3.09. The van der Waals surface area contributed by atoms with Crippen LogP contribution in [0.25, 0.3) is 16.7 Å². The number of nitriles is 1. The number of pyridine rings is 1. The molecule has 0 unspecified atom stereocenters. The van der Waals surface area contributed by atoms with Gasteiger partial charge in [-0.05, 0) is 66.1 Å². The third kappa shape index (κ3) is 3.31. The molecule has 4 aromatic rings. The number of rotatable bonds is 3. The van der Waals surface area contributed by atoms with E-state index in [4.69, 9.17) is 4.98 Å². The standard InChI is InChI=1S/C28H26N4/c1-4-25-31-27-18(2)13-14-30-28(27)32(25)17-20-9-12-24-22(15-20)11-10-21-7-5-6-8-23(21)26(24)19(3)16-29/h5-9,12-15H,4,10-11,17H2,1-3H3/b26-19+. The zero-order valence-corrected chi connectivity index (χ0v) is 18.8. The fraction of sp³-hybridized carbons (Fsp3) is 0.250. The molecule has 0 fully saturated rings. The Morgan fingerprint density at radius 1 is 1.06 bits per heavy atom. The summed E-state index contributed by atoms with van der Waals surface area (Å²) in [6, 6.07) is 19.6. The minimum absolute atomic E-state index is 0.743. The Labute approximate surface area is 188 Å². The maximum atomic E-state index is 9.71. The zero-order valence-electron chi connectivity index (χ0n) is 18.8. The highest BCUT2D eigenvalue weighted by Gasteiger charge is 2.21. The van der Waals surface area contributed by atoms with E-state index in [0.29, 0.717) is 0 Å². The SMILES string of the molecule is CCc1nc2c(C)ccnc2n1Cc1ccc2c(c1)CCc1ccccc1/C2=C(/C)C#N. The van der Waals surface area contributed by atoms with Gasteiger partial charge in [0.1, 0.15) is 11.3 Å². The number of benzene rings is 2. The van der Waals surface area contributed by atoms with Crippen LogP contribution in [0.5, 0.6) is 0 Å². The highest BCUT2D eigenvalue weighted by Crippen LogP contribution is 2.36. The highest BCUT2D eigenvalue weighted by molar-refractivity contribution is 5.87. The van der Waals surface area contributed by atoms with E-state index in [2.05, 4.69) is 71.9 Å². The second-order valence-corrected chi connectivity index (χ2v) is 8.53. The van der Waals surface area contributed by atoms with Crippen molar-refractivity contribution in [3.8, 4) is 6.07 Å². The fourth-order valence-electron chi connectivity index (χ4n) is 4.85. The molecular formula is C28H26N4. The molecule has 4 nitrogen and oxygen atoms in total. The Morgan fingerprint density at radius 3 is 2.66 bits per heavy atom. The number of fused-ring (bicyclic) bond motifs is 3. The normalized spacial score (nSPS) is 14.4. The number of hydrogen-bond donors (Lipinski definition) is 0. The first-order valence-electron chi connectivity index (χ1n) is 11.2. The van der Waals surface area contributed by atoms with Gasteiger partial charge >= 0.3 is 0 Å². The number of aromatic nitrogens is 3. The summed E-state index contributed by atoms with van der Waals surface area (Å²) in [6.45, 7) is 6.90. The molecule has 4 heteroatoms. The highest BCUT2D eigenvalue weighted by atomic mass is 15.1. The minimum atomic E-state index is 0.743. The lowest BCUT2D eigenvalue weighted by molar-refractivity contribution is 0.745. The lowest BCUT2D eigenvalue weighted by Crippen LogP contribution is -2.06. The van der Waals surface area contributed by atoms with Crippen LogP contribution in [0.2, 0.25) is 0 Å². The van der Waals surface area contributed by atoms with Crippen molar-refractivity contribution in [3.05, 3.63) is 99.5 Å². The molecule has 0 saturated heterocycles. The van der Waals surface area contributed by atoms with Crippen LogP contribution in [0, 0.1) is 18.3 Å². The molecular weight excluding hydrogens is 392 g/mol. The second-order valence-electron chi connectivity index (χ2n) is 8.53. The van der Waals surface area contributed by atoms with Gasteiger partial charge in [-0.3, -0.25) is 0 Å². The molecule has 0 aliphatic heterocycles. The Bertz CT molecular complexity index is 1420. The van der Waals surface area contributed by atoms with Crippen LogP contribution in [0.4, 0.5) is 0 Å². The van der Waals surface area contributed by atoms with Gasteiger partial charge in [0, 0.05) is 23.8 Å². The number of aryl methyl sites for hydroxylation is 4. The summed E-state index contributed by atoms with van der Waals surface area (Å²) < 4.78 is 2.24. The van der Waals surface area contributed by atoms with Crippen LogP contribution in [0.1, 0.15) is 53.1 Å². The van der Waals surface area contributed by atoms with E-state index in [1.54, 1.807) is 0 Å². The van der Waals surface area contributed by atoms with Gasteiger partial charge in [-0.15, -0.1) is 0 Å². The number of nitrogens with zero attached hydrogens (tertiary/aromatic N) is 4. The molecule has 0 N–H and O–H groups in total. The molecule has 1 aliphatic rings. The smallest absolute Gasteiger partial charge is 0.160 e. The molecule has 0 atom stereocenters. The van der Waals surface area contributed by atoms with Crippen molar-refractivity contribution in [2.45, 2.75) is 46.6 Å². The summed E-state index contributed by atoms with van der Waals surface area (Å²) in [5.74, 6) is 1.06. The molecule has 1 aliphatic carbocycles. The van der Waals surface area contributed by atoms with Crippen molar-refractivity contribution < 1.29 is 0 Å². The maximum absolute atomic E-state index is 9.71. The topological polar surface area (TPSA) is 54.5 Å². The lowest BCUT2D eigenvalue weighted by Gasteiger charge is -2.15. The molecule has 0 radical (unpaired) electrons. The monoisotopic (exact) mass is 418 g/mol. The first kappa shape index (κ1) is 20.2. The molecule has 0 bridgehead atoms. The van der Waals surface area contributed by atoms with Gasteiger partial charge in [0.2, 0.25) is 0 Å². The van der Waals surface area contributed by atoms with Crippen molar-refractivity contribution in [1.29, 1.82) is 5.26 Å². The maximum Gasteiger partial charge on any atom is 0.160 e. The van der Waals surface area contributed by atoms with E-state index in [9.17, 15) is 5.26 Å². The molecule has 5 rings (SSSR count). The van der Waals surface area contributed by atoms with Gasteiger partial charge in [-0.1, -0.05) is 49.4 Å². The van der Waals surface area contributed by atoms with Crippen molar-refractivity contribution in [2.75, 3.05) is 0 Å². The molecule has 0 saturated carbocycles. The molecule has 0 amide bonds. The molecule has 0 spiro atoms. The predicted octanol–water partition coefficient (Wildman–Crippen LogP) is 5.79. The van der Waals surface area contributed by atoms with Crippen LogP contribution in [-0.2, 0) is 25.8 Å². The quantitative estimate of drug-likeness (QED) is 0.395. The van der Waals surface area contributed by atoms with Crippen molar-refractivity contribution >= 4 is 16.7 Å². The first-order valence-corrected chi connectivity index (χ1v) is 11.2. The van der Waals surface area contributed by atoms with Crippen LogP contribution >= 0.6 is 0 Å². The zero-order chi connectivity index (χ0) is 22.2. The first-order chi connectivity index (χ1) is 15.6. The summed E-state index contributed by atoms with van der Waals surface area (Å²) >= 11 is 0. The second kappa shape index (κ2) is 8.09. The van der Waals surface area contributed by atoms with E-state index < -0.39 is 0 Å². The van der Waals surface area contributed by atoms with E-state index in [-0.39, 0.29) is 0 Å². The molecule has 158 valence electrons. The average molecular weight is 419 g/mol. The summed E-state index contributed by atoms with van der Waals surface area (Å²) in [5.41, 5.74) is 11.1. The van der Waals surface area contributed by atoms with E-state index in [1.165, 1.54) is 27.8 Å². The van der Waals surface area contributed by atoms with Crippen molar-refractivity contribution in [1.82, 2.24) is 14.5 Å². The Hall–Kier alpha value is -3.71. The summed E-state index contributed by atoms with van der Waals surface area (Å²) in [5, 5.41) is 9.71. The van der Waals surface area contributed by atoms with Gasteiger partial charge in [-0.25, -0.2) is 9.97 Å². The van der Waals surface area contributed by atoms with Crippen molar-refractivity contribution in [3.63, 3.8) is 0 Å². The van der Waals surface area contributed by atoms with Gasteiger partial charge in [0.25, 0.3) is 0 Å². The van der Waals surface area contributed by atoms with Gasteiger partial charge in [0.05, 0.1) is 12.6 Å². The van der Waals surface area contributed by atoms with Gasteiger partial charge < -0.3 is 4.57 Å². The lowest BCUT2D eigenvalue weighted by atomic mass is 9.90. The third-order valence-corrected chi connectivity index (χ3v) is 6.50. The fourth-order valence-corrected chi connectivity index (χ4v) is 4.85. The van der Waals surface area contributed by atoms with Gasteiger partial charge in [0.15, 0.2) is 5.65 Å². The summed E-state index contributed by atoms with van der Waals surface area (Å²) in [7, 11) is 0. The Kier molecular flexibility index (Phi) is 5.11. The van der Waals surface area contributed by atoms with Crippen LogP contribution in [0.3, 0.4) is 0 Å². The number of hydrogen-bond acceptors (Lipinski definition) is 3. The molecule has 32 heavy (non-hydrogen) atoms. The Morgan fingerprint density at radius 2 is 1.84 bits per heavy atom. The predicted molar refractivity (Wildman–Crippen MR) is 128 cm³/mol. The summed E-state index contributed by atoms with van der Waals surface area (Å²) in [4.78, 5) is 9.50. The van der Waals surface area contributed by atoms with Gasteiger partial charge in [-0.2, -0.15) is 5.26 Å². The Balaban J connectivity index is 1.61. The van der Waals surface area contributed by atoms with Crippen LogP contribution in [-0.4, -0.2) is 14.5 Å². The van der Waals surface area contributed by atoms with Crippen molar-refractivity contribution in [2.24, 2.45) is 0 Å². The number of imidazole rings is 1. The number of allylic oxidation sites excluding steroid dienone is 1. The minimum Gasteiger partial charge on any atom is -0.308 e. The van der Waals surface area contributed by atoms with Crippen LogP contribution < -0.4 is 0 Å². The molecule has 2 aromatic heterocycles. The van der Waals surface area contributed by atoms with Crippen LogP contribution in [0.15, 0.2) is 60.3 Å². The van der Waals surface area contributed by atoms with E-state index >= 15 is 0 Å². The van der Waals surface area contributed by atoms with E-state index in [1.807, 2.05) is 19.2 Å². The molecule has 2 aromatic carbocycles. The largest absolute Gasteiger partial charge is 0.308 e. The van der Waals surface area contributed by atoms with E-state index in [0.717, 1.165) is 59.5 Å². The molecule has 2 heterocycles.